The van der Waals surface area contributed by atoms with Gasteiger partial charge < -0.3 is 9.80 Å². The molecule has 0 aliphatic carbocycles. The predicted octanol–water partition coefficient (Wildman–Crippen LogP) is 2.59. The Balaban J connectivity index is 2.68. The van der Waals surface area contributed by atoms with Crippen molar-refractivity contribution < 1.29 is 13.2 Å². The van der Waals surface area contributed by atoms with Crippen molar-refractivity contribution in [2.75, 3.05) is 23.4 Å². The quantitative estimate of drug-likeness (QED) is 0.799. The summed E-state index contributed by atoms with van der Waals surface area (Å²) in [6.07, 6.45) is 0.781. The van der Waals surface area contributed by atoms with Crippen LogP contribution in [0.4, 0.5) is 11.4 Å². The van der Waals surface area contributed by atoms with Crippen LogP contribution in [0.25, 0.3) is 0 Å². The van der Waals surface area contributed by atoms with Crippen LogP contribution in [0.3, 0.4) is 0 Å². The molecule has 1 aromatic carbocycles. The van der Waals surface area contributed by atoms with Crippen molar-refractivity contribution in [2.24, 2.45) is 0 Å². The van der Waals surface area contributed by atoms with E-state index in [9.17, 15) is 13.2 Å². The van der Waals surface area contributed by atoms with Crippen LogP contribution >= 0.6 is 10.7 Å². The fourth-order valence-electron chi connectivity index (χ4n) is 2.48. The Morgan fingerprint density at radius 1 is 1.24 bits per heavy atom. The highest BCUT2D eigenvalue weighted by molar-refractivity contribution is 8.13. The van der Waals surface area contributed by atoms with Crippen LogP contribution in [-0.4, -0.2) is 33.5 Å². The zero-order valence-corrected chi connectivity index (χ0v) is 14.1. The van der Waals surface area contributed by atoms with E-state index in [4.69, 9.17) is 10.7 Å². The number of halogens is 1. The van der Waals surface area contributed by atoms with Crippen LogP contribution in [0, 0.1) is 0 Å². The zero-order valence-electron chi connectivity index (χ0n) is 12.6. The number of fused-ring (bicyclic) bond motifs is 1. The first-order chi connectivity index (χ1) is 9.60. The SMILES string of the molecule is CCCN1C(=O)C(C)(C)N(C)c2ccc(S(=O)(=O)Cl)cc21. The van der Waals surface area contributed by atoms with Gasteiger partial charge in [-0.05, 0) is 38.5 Å². The molecule has 0 saturated carbocycles. The van der Waals surface area contributed by atoms with Gasteiger partial charge in [0.15, 0.2) is 0 Å². The maximum Gasteiger partial charge on any atom is 0.261 e. The number of hydrogen-bond donors (Lipinski definition) is 0. The first kappa shape index (κ1) is 16.1. The van der Waals surface area contributed by atoms with Crippen LogP contribution in [0.1, 0.15) is 27.2 Å². The number of anilines is 2. The van der Waals surface area contributed by atoms with Gasteiger partial charge in [-0.3, -0.25) is 4.79 Å². The van der Waals surface area contributed by atoms with Crippen LogP contribution in [-0.2, 0) is 13.8 Å². The molecule has 0 atom stereocenters. The Kier molecular flexibility index (Phi) is 3.97. The molecule has 0 fully saturated rings. The summed E-state index contributed by atoms with van der Waals surface area (Å²) in [5.74, 6) is -0.0523. The van der Waals surface area contributed by atoms with E-state index in [1.807, 2.05) is 32.7 Å². The third-order valence-electron chi connectivity index (χ3n) is 3.93. The first-order valence-electron chi connectivity index (χ1n) is 6.75. The standard InChI is InChI=1S/C14H19ClN2O3S/c1-5-8-17-12-9-10(21(15,19)20)6-7-11(12)16(4)14(2,3)13(17)18/h6-7,9H,5,8H2,1-4H3. The number of benzene rings is 1. The van der Waals surface area contributed by atoms with E-state index in [1.54, 1.807) is 11.0 Å². The third-order valence-corrected chi connectivity index (χ3v) is 5.29. The van der Waals surface area contributed by atoms with Gasteiger partial charge in [0.25, 0.3) is 15.0 Å². The highest BCUT2D eigenvalue weighted by Gasteiger charge is 2.42. The van der Waals surface area contributed by atoms with Crippen molar-refractivity contribution in [3.63, 3.8) is 0 Å². The van der Waals surface area contributed by atoms with Gasteiger partial charge in [-0.2, -0.15) is 0 Å². The van der Waals surface area contributed by atoms with E-state index < -0.39 is 14.6 Å². The van der Waals surface area contributed by atoms with Crippen LogP contribution in [0.15, 0.2) is 23.1 Å². The molecular weight excluding hydrogens is 312 g/mol. The summed E-state index contributed by atoms with van der Waals surface area (Å²) < 4.78 is 23.0. The molecule has 0 N–H and O–H groups in total. The Bertz CT molecular complexity index is 685. The monoisotopic (exact) mass is 330 g/mol. The summed E-state index contributed by atoms with van der Waals surface area (Å²) >= 11 is 0. The van der Waals surface area contributed by atoms with E-state index in [2.05, 4.69) is 0 Å². The molecule has 0 bridgehead atoms. The number of hydrogen-bond acceptors (Lipinski definition) is 4. The highest BCUT2D eigenvalue weighted by atomic mass is 35.7. The maximum absolute atomic E-state index is 12.7. The highest BCUT2D eigenvalue weighted by Crippen LogP contribution is 2.41. The number of nitrogens with zero attached hydrogens (tertiary/aromatic N) is 2. The molecule has 5 nitrogen and oxygen atoms in total. The normalized spacial score (nSPS) is 17.9. The van der Waals surface area contributed by atoms with Crippen LogP contribution < -0.4 is 9.80 Å². The van der Waals surface area contributed by atoms with E-state index in [0.29, 0.717) is 12.2 Å². The molecule has 0 radical (unpaired) electrons. The van der Waals surface area contributed by atoms with Gasteiger partial charge >= 0.3 is 0 Å². The Morgan fingerprint density at radius 2 is 1.86 bits per heavy atom. The summed E-state index contributed by atoms with van der Waals surface area (Å²) in [4.78, 5) is 16.2. The molecule has 1 amide bonds. The Labute approximate surface area is 129 Å². The third kappa shape index (κ3) is 2.62. The van der Waals surface area contributed by atoms with Crippen molar-refractivity contribution in [2.45, 2.75) is 37.6 Å². The molecule has 116 valence electrons. The molecule has 0 unspecified atom stereocenters. The minimum atomic E-state index is -3.82. The number of likely N-dealkylation sites (N-methyl/N-ethyl adjacent to an activating group) is 1. The van der Waals surface area contributed by atoms with Gasteiger partial charge in [0.05, 0.1) is 16.3 Å². The summed E-state index contributed by atoms with van der Waals surface area (Å²) in [6.45, 7) is 6.22. The van der Waals surface area contributed by atoms with Crippen LogP contribution in [0.5, 0.6) is 0 Å². The lowest BCUT2D eigenvalue weighted by molar-refractivity contribution is -0.123. The number of amides is 1. The molecule has 2 rings (SSSR count). The summed E-state index contributed by atoms with van der Waals surface area (Å²) in [5, 5.41) is 0. The molecule has 21 heavy (non-hydrogen) atoms. The van der Waals surface area contributed by atoms with E-state index in [0.717, 1.165) is 12.1 Å². The van der Waals surface area contributed by atoms with E-state index in [1.165, 1.54) is 12.1 Å². The van der Waals surface area contributed by atoms with Crippen molar-refractivity contribution in [1.29, 1.82) is 0 Å². The maximum atomic E-state index is 12.7. The summed E-state index contributed by atoms with van der Waals surface area (Å²) in [5.41, 5.74) is 0.728. The smallest absolute Gasteiger partial charge is 0.261 e. The van der Waals surface area contributed by atoms with Gasteiger partial charge in [0.2, 0.25) is 0 Å². The lowest BCUT2D eigenvalue weighted by Crippen LogP contribution is -2.59. The molecule has 1 aliphatic heterocycles. The van der Waals surface area contributed by atoms with Crippen molar-refractivity contribution >= 4 is 37.0 Å². The van der Waals surface area contributed by atoms with Gasteiger partial charge in [-0.25, -0.2) is 8.42 Å². The van der Waals surface area contributed by atoms with Crippen molar-refractivity contribution in [1.82, 2.24) is 0 Å². The molecule has 7 heteroatoms. The van der Waals surface area contributed by atoms with E-state index in [-0.39, 0.29) is 10.8 Å². The first-order valence-corrected chi connectivity index (χ1v) is 9.06. The predicted molar refractivity (Wildman–Crippen MR) is 84.6 cm³/mol. The minimum absolute atomic E-state index is 0.00456. The van der Waals surface area contributed by atoms with Gasteiger partial charge in [0, 0.05) is 24.3 Å². The summed E-state index contributed by atoms with van der Waals surface area (Å²) in [7, 11) is 3.42. The molecule has 1 aromatic rings. The van der Waals surface area contributed by atoms with Gasteiger partial charge in [-0.1, -0.05) is 6.92 Å². The fourth-order valence-corrected chi connectivity index (χ4v) is 3.26. The van der Waals surface area contributed by atoms with Gasteiger partial charge in [-0.15, -0.1) is 0 Å². The van der Waals surface area contributed by atoms with Crippen molar-refractivity contribution in [3.05, 3.63) is 18.2 Å². The van der Waals surface area contributed by atoms with Crippen LogP contribution in [0.2, 0.25) is 0 Å². The second kappa shape index (κ2) is 5.18. The lowest BCUT2D eigenvalue weighted by Gasteiger charge is -2.46. The Hall–Kier alpha value is -1.27. The fraction of sp³-hybridized carbons (Fsp3) is 0.500. The molecule has 0 spiro atoms. The topological polar surface area (TPSA) is 57.7 Å². The second-order valence-corrected chi connectivity index (χ2v) is 8.23. The molecule has 0 saturated heterocycles. The molecule has 1 aliphatic rings. The van der Waals surface area contributed by atoms with Gasteiger partial charge in [0.1, 0.15) is 5.54 Å². The molecule has 0 aromatic heterocycles. The number of carbonyl (C=O) groups excluding carboxylic acids is 1. The largest absolute Gasteiger partial charge is 0.359 e. The Morgan fingerprint density at radius 3 is 2.38 bits per heavy atom. The van der Waals surface area contributed by atoms with E-state index >= 15 is 0 Å². The molecular formula is C14H19ClN2O3S. The average molecular weight is 331 g/mol. The summed E-state index contributed by atoms with van der Waals surface area (Å²) in [6, 6.07) is 4.63. The number of carbonyl (C=O) groups is 1. The molecule has 1 heterocycles. The average Bonchev–Trinajstić information content (AvgIpc) is 2.40. The van der Waals surface area contributed by atoms with Crippen molar-refractivity contribution in [3.8, 4) is 0 Å². The lowest BCUT2D eigenvalue weighted by atomic mass is 9.95. The second-order valence-electron chi connectivity index (χ2n) is 5.66. The minimum Gasteiger partial charge on any atom is -0.359 e. The zero-order chi connectivity index (χ0) is 16.0. The number of rotatable bonds is 3.